The fraction of sp³-hybridized carbons (Fsp3) is 0.562. The van der Waals surface area contributed by atoms with Crippen LogP contribution in [0.3, 0.4) is 0 Å². The van der Waals surface area contributed by atoms with Gasteiger partial charge in [-0.05, 0) is 32.0 Å². The number of fused-ring (bicyclic) bond motifs is 1. The molecule has 3 rings (SSSR count). The Morgan fingerprint density at radius 2 is 2.05 bits per heavy atom. The van der Waals surface area contributed by atoms with Crippen LogP contribution >= 0.6 is 0 Å². The molecule has 1 aliphatic carbocycles. The number of hydrogen-bond acceptors (Lipinski definition) is 2. The van der Waals surface area contributed by atoms with Crippen LogP contribution in [-0.4, -0.2) is 22.6 Å². The quantitative estimate of drug-likeness (QED) is 0.914. The van der Waals surface area contributed by atoms with Crippen LogP contribution in [0.1, 0.15) is 44.5 Å². The van der Waals surface area contributed by atoms with Crippen molar-refractivity contribution in [1.82, 2.24) is 14.9 Å². The van der Waals surface area contributed by atoms with E-state index in [0.717, 1.165) is 11.9 Å². The number of imidazole rings is 1. The van der Waals surface area contributed by atoms with Crippen molar-refractivity contribution >= 4 is 11.0 Å². The smallest absolute Gasteiger partial charge is 0.109 e. The van der Waals surface area contributed by atoms with Gasteiger partial charge in [0, 0.05) is 12.5 Å². The van der Waals surface area contributed by atoms with Gasteiger partial charge in [0.1, 0.15) is 5.82 Å². The maximum atomic E-state index is 4.81. The second-order valence-electron chi connectivity index (χ2n) is 5.49. The van der Waals surface area contributed by atoms with Crippen LogP contribution in [0.4, 0.5) is 0 Å². The van der Waals surface area contributed by atoms with Gasteiger partial charge in [0.25, 0.3) is 0 Å². The first-order chi connectivity index (χ1) is 9.35. The van der Waals surface area contributed by atoms with Crippen LogP contribution in [-0.2, 0) is 6.42 Å². The van der Waals surface area contributed by atoms with E-state index in [4.69, 9.17) is 4.98 Å². The molecule has 2 unspecified atom stereocenters. The van der Waals surface area contributed by atoms with E-state index in [1.165, 1.54) is 37.0 Å². The molecule has 3 nitrogen and oxygen atoms in total. The number of para-hydroxylation sites is 2. The largest absolute Gasteiger partial charge is 0.323 e. The molecule has 0 saturated heterocycles. The second kappa shape index (κ2) is 5.33. The summed E-state index contributed by atoms with van der Waals surface area (Å²) >= 11 is 0. The minimum Gasteiger partial charge on any atom is -0.323 e. The van der Waals surface area contributed by atoms with Gasteiger partial charge >= 0.3 is 0 Å². The lowest BCUT2D eigenvalue weighted by molar-refractivity contribution is 0.274. The lowest BCUT2D eigenvalue weighted by Crippen LogP contribution is -2.38. The van der Waals surface area contributed by atoms with E-state index in [0.29, 0.717) is 12.1 Å². The van der Waals surface area contributed by atoms with Crippen LogP contribution in [0.25, 0.3) is 11.0 Å². The highest BCUT2D eigenvalue weighted by atomic mass is 15.1. The lowest BCUT2D eigenvalue weighted by atomic mass is 9.90. The molecule has 1 aromatic heterocycles. The summed E-state index contributed by atoms with van der Waals surface area (Å²) in [4.78, 5) is 4.81. The van der Waals surface area contributed by atoms with Gasteiger partial charge in [0.05, 0.1) is 17.1 Å². The van der Waals surface area contributed by atoms with Gasteiger partial charge < -0.3 is 9.88 Å². The van der Waals surface area contributed by atoms with Gasteiger partial charge in [-0.1, -0.05) is 31.9 Å². The zero-order chi connectivity index (χ0) is 13.2. The standard InChI is InChI=1S/C16H23N3/c1-3-16-18-13-9-5-7-11-15(13)19(16)14-10-6-4-8-12(14)17-2/h5,7,9,11-12,14,17H,3-4,6,8,10H2,1-2H3. The van der Waals surface area contributed by atoms with Gasteiger partial charge in [-0.25, -0.2) is 4.98 Å². The molecule has 1 N–H and O–H groups in total. The second-order valence-corrected chi connectivity index (χ2v) is 5.49. The molecule has 3 heteroatoms. The van der Waals surface area contributed by atoms with Crippen LogP contribution in [0.2, 0.25) is 0 Å². The zero-order valence-electron chi connectivity index (χ0n) is 11.9. The highest BCUT2D eigenvalue weighted by Crippen LogP contribution is 2.32. The van der Waals surface area contributed by atoms with Crippen molar-refractivity contribution < 1.29 is 0 Å². The number of benzene rings is 1. The maximum Gasteiger partial charge on any atom is 0.109 e. The molecular weight excluding hydrogens is 234 g/mol. The van der Waals surface area contributed by atoms with E-state index in [-0.39, 0.29) is 0 Å². The molecule has 1 heterocycles. The fourth-order valence-corrected chi connectivity index (χ4v) is 3.47. The van der Waals surface area contributed by atoms with Crippen LogP contribution in [0.5, 0.6) is 0 Å². The number of aryl methyl sites for hydroxylation is 1. The van der Waals surface area contributed by atoms with E-state index in [1.54, 1.807) is 0 Å². The molecule has 1 aromatic carbocycles. The molecule has 19 heavy (non-hydrogen) atoms. The number of nitrogens with one attached hydrogen (secondary N) is 1. The van der Waals surface area contributed by atoms with E-state index in [2.05, 4.69) is 48.1 Å². The summed E-state index contributed by atoms with van der Waals surface area (Å²) in [5, 5.41) is 3.51. The van der Waals surface area contributed by atoms with Crippen LogP contribution < -0.4 is 5.32 Å². The predicted molar refractivity (Wildman–Crippen MR) is 79.5 cm³/mol. The molecule has 1 fully saturated rings. The lowest BCUT2D eigenvalue weighted by Gasteiger charge is -2.33. The summed E-state index contributed by atoms with van der Waals surface area (Å²) in [7, 11) is 2.09. The maximum absolute atomic E-state index is 4.81. The number of aromatic nitrogens is 2. The Labute approximate surface area is 115 Å². The highest BCUT2D eigenvalue weighted by molar-refractivity contribution is 5.76. The minimum absolute atomic E-state index is 0.557. The van der Waals surface area contributed by atoms with Crippen LogP contribution in [0, 0.1) is 0 Å². The highest BCUT2D eigenvalue weighted by Gasteiger charge is 2.28. The summed E-state index contributed by atoms with van der Waals surface area (Å²) < 4.78 is 2.50. The summed E-state index contributed by atoms with van der Waals surface area (Å²) in [6, 6.07) is 9.68. The Hall–Kier alpha value is -1.35. The Kier molecular flexibility index (Phi) is 3.56. The Morgan fingerprint density at radius 1 is 1.26 bits per heavy atom. The van der Waals surface area contributed by atoms with Gasteiger partial charge in [-0.15, -0.1) is 0 Å². The van der Waals surface area contributed by atoms with E-state index in [1.807, 2.05) is 0 Å². The van der Waals surface area contributed by atoms with E-state index >= 15 is 0 Å². The normalized spacial score (nSPS) is 23.9. The third kappa shape index (κ3) is 2.16. The average molecular weight is 257 g/mol. The topological polar surface area (TPSA) is 29.9 Å². The van der Waals surface area contributed by atoms with Crippen molar-refractivity contribution in [2.45, 2.75) is 51.1 Å². The SMILES string of the molecule is CCc1nc2ccccc2n1C1CCCCC1NC. The molecule has 2 aromatic rings. The molecule has 1 aliphatic rings. The van der Waals surface area contributed by atoms with Crippen molar-refractivity contribution in [3.63, 3.8) is 0 Å². The van der Waals surface area contributed by atoms with Gasteiger partial charge in [-0.3, -0.25) is 0 Å². The first-order valence-corrected chi connectivity index (χ1v) is 7.48. The first kappa shape index (κ1) is 12.7. The van der Waals surface area contributed by atoms with Crippen molar-refractivity contribution in [2.24, 2.45) is 0 Å². The monoisotopic (exact) mass is 257 g/mol. The van der Waals surface area contributed by atoms with Crippen molar-refractivity contribution in [3.05, 3.63) is 30.1 Å². The molecular formula is C16H23N3. The summed E-state index contributed by atoms with van der Waals surface area (Å²) in [6.07, 6.45) is 6.21. The van der Waals surface area contributed by atoms with Gasteiger partial charge in [-0.2, -0.15) is 0 Å². The summed E-state index contributed by atoms with van der Waals surface area (Å²) in [5.74, 6) is 1.23. The zero-order valence-corrected chi connectivity index (χ0v) is 11.9. The van der Waals surface area contributed by atoms with E-state index < -0.39 is 0 Å². The van der Waals surface area contributed by atoms with Crippen molar-refractivity contribution in [2.75, 3.05) is 7.05 Å². The number of nitrogens with zero attached hydrogens (tertiary/aromatic N) is 2. The Balaban J connectivity index is 2.11. The Morgan fingerprint density at radius 3 is 2.84 bits per heavy atom. The first-order valence-electron chi connectivity index (χ1n) is 7.48. The third-order valence-corrected chi connectivity index (χ3v) is 4.42. The molecule has 0 radical (unpaired) electrons. The minimum atomic E-state index is 0.557. The molecule has 102 valence electrons. The van der Waals surface area contributed by atoms with Crippen molar-refractivity contribution in [3.8, 4) is 0 Å². The fourth-order valence-electron chi connectivity index (χ4n) is 3.47. The predicted octanol–water partition coefficient (Wildman–Crippen LogP) is 3.30. The molecule has 0 aliphatic heterocycles. The molecule has 0 spiro atoms. The number of rotatable bonds is 3. The van der Waals surface area contributed by atoms with E-state index in [9.17, 15) is 0 Å². The average Bonchev–Trinajstić information content (AvgIpc) is 2.85. The van der Waals surface area contributed by atoms with Crippen LogP contribution in [0.15, 0.2) is 24.3 Å². The number of hydrogen-bond donors (Lipinski definition) is 1. The molecule has 0 bridgehead atoms. The molecule has 0 amide bonds. The van der Waals surface area contributed by atoms with Crippen molar-refractivity contribution in [1.29, 1.82) is 0 Å². The Bertz CT molecular complexity index is 558. The number of likely N-dealkylation sites (N-methyl/N-ethyl adjacent to an activating group) is 1. The summed E-state index contributed by atoms with van der Waals surface area (Å²) in [5.41, 5.74) is 2.44. The van der Waals surface area contributed by atoms with Gasteiger partial charge in [0.15, 0.2) is 0 Å². The summed E-state index contributed by atoms with van der Waals surface area (Å²) in [6.45, 7) is 2.20. The molecule has 1 saturated carbocycles. The third-order valence-electron chi connectivity index (χ3n) is 4.42. The molecule has 2 atom stereocenters. The van der Waals surface area contributed by atoms with Gasteiger partial charge in [0.2, 0.25) is 0 Å².